The molecule has 5 rings (SSSR count). The molecule has 1 aliphatic heterocycles. The van der Waals surface area contributed by atoms with Gasteiger partial charge in [-0.15, -0.1) is 0 Å². The van der Waals surface area contributed by atoms with Crippen molar-refractivity contribution < 1.29 is 9.47 Å². The Hall–Kier alpha value is -4.55. The number of nitrogens with zero attached hydrogens (tertiary/aromatic N) is 6. The molecule has 0 saturated carbocycles. The van der Waals surface area contributed by atoms with Crippen molar-refractivity contribution in [1.82, 2.24) is 19.9 Å². The van der Waals surface area contributed by atoms with Crippen molar-refractivity contribution in [3.8, 4) is 34.3 Å². The molecule has 1 saturated heterocycles. The van der Waals surface area contributed by atoms with E-state index in [1.165, 1.54) is 0 Å². The van der Waals surface area contributed by atoms with Crippen LogP contribution < -0.4 is 15.0 Å². The van der Waals surface area contributed by atoms with E-state index in [9.17, 15) is 5.26 Å². The van der Waals surface area contributed by atoms with Crippen LogP contribution in [-0.2, 0) is 4.74 Å². The number of benzene rings is 1. The van der Waals surface area contributed by atoms with Gasteiger partial charge in [0.15, 0.2) is 0 Å². The summed E-state index contributed by atoms with van der Waals surface area (Å²) in [6.07, 6.45) is 6.94. The summed E-state index contributed by atoms with van der Waals surface area (Å²) >= 11 is 0. The lowest BCUT2D eigenvalue weighted by molar-refractivity contribution is 0.0254. The largest absolute Gasteiger partial charge is 0.489 e. The molecule has 37 heavy (non-hydrogen) atoms. The third kappa shape index (κ3) is 5.82. The maximum absolute atomic E-state index is 9.70. The average Bonchev–Trinajstić information content (AvgIpc) is 2.94. The fourth-order valence-electron chi connectivity index (χ4n) is 4.00. The number of pyridine rings is 2. The average molecular weight is 494 g/mol. The highest BCUT2D eigenvalue weighted by Gasteiger charge is 2.17. The number of aromatic nitrogens is 4. The Morgan fingerprint density at radius 3 is 2.49 bits per heavy atom. The van der Waals surface area contributed by atoms with E-state index in [1.807, 2.05) is 67.7 Å². The van der Waals surface area contributed by atoms with Gasteiger partial charge >= 0.3 is 0 Å². The normalized spacial score (nSPS) is 13.5. The predicted octanol–water partition coefficient (Wildman–Crippen LogP) is 4.84. The van der Waals surface area contributed by atoms with E-state index in [1.54, 1.807) is 18.5 Å². The maximum atomic E-state index is 9.70. The first kappa shape index (κ1) is 24.2. The van der Waals surface area contributed by atoms with Gasteiger partial charge in [-0.05, 0) is 48.5 Å². The minimum atomic E-state index is 0.0650. The number of hydrogen-bond acceptors (Lipinski definition) is 9. The smallest absolute Gasteiger partial charge is 0.227 e. The molecule has 0 atom stereocenters. The van der Waals surface area contributed by atoms with Crippen molar-refractivity contribution in [3.63, 3.8) is 0 Å². The van der Waals surface area contributed by atoms with Gasteiger partial charge in [0, 0.05) is 50.5 Å². The first-order chi connectivity index (χ1) is 18.1. The molecule has 0 unspecified atom stereocenters. The number of nitrogens with one attached hydrogen (secondary N) is 1. The SMILES string of the molecule is CN(C)c1ccc(-c2ccc(Nc3nccc(-c4ccc(OC5CCOCC5)c(C#N)c4)n3)cn2)cn1. The van der Waals surface area contributed by atoms with Crippen molar-refractivity contribution in [2.45, 2.75) is 18.9 Å². The molecular weight excluding hydrogens is 466 g/mol. The minimum absolute atomic E-state index is 0.0650. The van der Waals surface area contributed by atoms with Crippen LogP contribution >= 0.6 is 0 Å². The molecule has 1 aliphatic rings. The van der Waals surface area contributed by atoms with Gasteiger partial charge in [0.2, 0.25) is 5.95 Å². The van der Waals surface area contributed by atoms with E-state index in [-0.39, 0.29) is 6.10 Å². The molecule has 9 heteroatoms. The molecule has 4 heterocycles. The molecule has 1 aromatic carbocycles. The van der Waals surface area contributed by atoms with Crippen molar-refractivity contribution in [2.24, 2.45) is 0 Å². The standard InChI is InChI=1S/C28H27N7O2/c1-35(2)27-8-4-20(17-32-27)24-6-5-22(18-31-24)33-28-30-12-9-25(34-28)19-3-7-26(21(15-19)16-29)37-23-10-13-36-14-11-23/h3-9,12,15,17-18,23H,10-11,13-14H2,1-2H3,(H,30,33,34). The Kier molecular flexibility index (Phi) is 7.19. The highest BCUT2D eigenvalue weighted by atomic mass is 16.5. The minimum Gasteiger partial charge on any atom is -0.489 e. The number of rotatable bonds is 7. The van der Waals surface area contributed by atoms with Gasteiger partial charge in [0.25, 0.3) is 0 Å². The molecule has 1 N–H and O–H groups in total. The zero-order chi connectivity index (χ0) is 25.6. The highest BCUT2D eigenvalue weighted by molar-refractivity contribution is 5.67. The Morgan fingerprint density at radius 2 is 1.78 bits per heavy atom. The fraction of sp³-hybridized carbons (Fsp3) is 0.250. The van der Waals surface area contributed by atoms with Crippen LogP contribution in [0.2, 0.25) is 0 Å². The monoisotopic (exact) mass is 493 g/mol. The van der Waals surface area contributed by atoms with E-state index < -0.39 is 0 Å². The molecule has 4 aromatic rings. The van der Waals surface area contributed by atoms with Crippen molar-refractivity contribution in [1.29, 1.82) is 5.26 Å². The molecule has 9 nitrogen and oxygen atoms in total. The maximum Gasteiger partial charge on any atom is 0.227 e. The number of anilines is 3. The lowest BCUT2D eigenvalue weighted by Gasteiger charge is -2.23. The van der Waals surface area contributed by atoms with Crippen molar-refractivity contribution in [3.05, 3.63) is 72.7 Å². The van der Waals surface area contributed by atoms with E-state index in [0.717, 1.165) is 41.2 Å². The van der Waals surface area contributed by atoms with E-state index in [2.05, 4.69) is 31.3 Å². The summed E-state index contributed by atoms with van der Waals surface area (Å²) < 4.78 is 11.5. The third-order valence-corrected chi connectivity index (χ3v) is 6.03. The second kappa shape index (κ2) is 11.0. The summed E-state index contributed by atoms with van der Waals surface area (Å²) in [4.78, 5) is 19.9. The van der Waals surface area contributed by atoms with E-state index in [4.69, 9.17) is 9.47 Å². The van der Waals surface area contributed by atoms with E-state index >= 15 is 0 Å². The summed E-state index contributed by atoms with van der Waals surface area (Å²) in [5.74, 6) is 1.91. The summed E-state index contributed by atoms with van der Waals surface area (Å²) in [5.41, 5.74) is 4.51. The topological polar surface area (TPSA) is 109 Å². The van der Waals surface area contributed by atoms with Crippen LogP contribution in [0.1, 0.15) is 18.4 Å². The van der Waals surface area contributed by atoms with Crippen LogP contribution in [0.4, 0.5) is 17.5 Å². The fourth-order valence-corrected chi connectivity index (χ4v) is 4.00. The van der Waals surface area contributed by atoms with E-state index in [0.29, 0.717) is 36.2 Å². The lowest BCUT2D eigenvalue weighted by atomic mass is 10.1. The Morgan fingerprint density at radius 1 is 0.946 bits per heavy atom. The molecule has 0 bridgehead atoms. The van der Waals surface area contributed by atoms with Crippen LogP contribution in [-0.4, -0.2) is 53.3 Å². The molecule has 186 valence electrons. The molecule has 0 amide bonds. The number of nitriles is 1. The second-order valence-electron chi connectivity index (χ2n) is 8.87. The molecule has 0 radical (unpaired) electrons. The van der Waals surface area contributed by atoms with Gasteiger partial charge < -0.3 is 19.7 Å². The quantitative estimate of drug-likeness (QED) is 0.387. The van der Waals surface area contributed by atoms with Crippen molar-refractivity contribution >= 4 is 17.5 Å². The molecule has 1 fully saturated rings. The second-order valence-corrected chi connectivity index (χ2v) is 8.87. The first-order valence-corrected chi connectivity index (χ1v) is 12.1. The van der Waals surface area contributed by atoms with Gasteiger partial charge in [-0.3, -0.25) is 4.98 Å². The zero-order valence-corrected chi connectivity index (χ0v) is 20.8. The molecule has 3 aromatic heterocycles. The van der Waals surface area contributed by atoms with Crippen LogP contribution in [0.5, 0.6) is 5.75 Å². The first-order valence-electron chi connectivity index (χ1n) is 12.1. The predicted molar refractivity (Wildman–Crippen MR) is 142 cm³/mol. The number of ether oxygens (including phenoxy) is 2. The van der Waals surface area contributed by atoms with Crippen molar-refractivity contribution in [2.75, 3.05) is 37.5 Å². The Labute approximate surface area is 215 Å². The van der Waals surface area contributed by atoms with Crippen LogP contribution in [0.25, 0.3) is 22.5 Å². The van der Waals surface area contributed by atoms with Crippen LogP contribution in [0.3, 0.4) is 0 Å². The van der Waals surface area contributed by atoms with Gasteiger partial charge in [-0.2, -0.15) is 5.26 Å². The Bertz CT molecular complexity index is 1390. The summed E-state index contributed by atoms with van der Waals surface area (Å²) in [5, 5.41) is 12.9. The third-order valence-electron chi connectivity index (χ3n) is 6.03. The summed E-state index contributed by atoms with van der Waals surface area (Å²) in [7, 11) is 3.91. The van der Waals surface area contributed by atoms with Gasteiger partial charge in [-0.1, -0.05) is 0 Å². The van der Waals surface area contributed by atoms with Gasteiger partial charge in [0.1, 0.15) is 23.7 Å². The van der Waals surface area contributed by atoms with Crippen LogP contribution in [0, 0.1) is 11.3 Å². The zero-order valence-electron chi connectivity index (χ0n) is 20.8. The molecule has 0 spiro atoms. The lowest BCUT2D eigenvalue weighted by Crippen LogP contribution is -2.26. The molecule has 0 aliphatic carbocycles. The summed E-state index contributed by atoms with van der Waals surface area (Å²) in [6.45, 7) is 1.36. The van der Waals surface area contributed by atoms with Gasteiger partial charge in [0.05, 0.1) is 42.0 Å². The summed E-state index contributed by atoms with van der Waals surface area (Å²) in [6, 6.07) is 17.4. The van der Waals surface area contributed by atoms with Crippen LogP contribution in [0.15, 0.2) is 67.1 Å². The Balaban J connectivity index is 1.29. The highest BCUT2D eigenvalue weighted by Crippen LogP contribution is 2.28. The number of hydrogen-bond donors (Lipinski definition) is 1. The molecular formula is C28H27N7O2. The van der Waals surface area contributed by atoms with Gasteiger partial charge in [-0.25, -0.2) is 15.0 Å².